The number of halogens is 3. The zero-order chi connectivity index (χ0) is 12.7. The average molecular weight is 251 g/mol. The Balaban J connectivity index is 2.28. The molecule has 0 unspecified atom stereocenters. The van der Waals surface area contributed by atoms with E-state index >= 15 is 0 Å². The first-order valence-corrected chi connectivity index (χ1v) is 5.59. The number of aryl methyl sites for hydroxylation is 2. The minimum Gasteiger partial charge on any atom is -0.339 e. The maximum Gasteiger partial charge on any atom is 0.389 e. The molecule has 98 valence electrons. The van der Waals surface area contributed by atoms with Crippen molar-refractivity contribution in [2.24, 2.45) is 5.73 Å². The van der Waals surface area contributed by atoms with Gasteiger partial charge >= 0.3 is 6.18 Å². The van der Waals surface area contributed by atoms with E-state index in [2.05, 4.69) is 10.1 Å². The zero-order valence-corrected chi connectivity index (χ0v) is 9.46. The third-order valence-electron chi connectivity index (χ3n) is 2.24. The number of rotatable bonds is 7. The van der Waals surface area contributed by atoms with E-state index in [1.54, 1.807) is 0 Å². The van der Waals surface area contributed by atoms with Gasteiger partial charge < -0.3 is 10.3 Å². The van der Waals surface area contributed by atoms with E-state index in [4.69, 9.17) is 10.3 Å². The van der Waals surface area contributed by atoms with Crippen molar-refractivity contribution >= 4 is 0 Å². The second kappa shape index (κ2) is 6.58. The van der Waals surface area contributed by atoms with Gasteiger partial charge in [-0.05, 0) is 19.4 Å². The lowest BCUT2D eigenvalue weighted by atomic mass is 10.2. The fraction of sp³-hybridized carbons (Fsp3) is 0.800. The third kappa shape index (κ3) is 6.25. The Morgan fingerprint density at radius 3 is 2.53 bits per heavy atom. The predicted octanol–water partition coefficient (Wildman–Crippen LogP) is 2.24. The van der Waals surface area contributed by atoms with Crippen LogP contribution >= 0.6 is 0 Å². The summed E-state index contributed by atoms with van der Waals surface area (Å²) in [7, 11) is 0. The molecule has 0 aliphatic carbocycles. The molecular weight excluding hydrogens is 235 g/mol. The highest BCUT2D eigenvalue weighted by Crippen LogP contribution is 2.21. The lowest BCUT2D eigenvalue weighted by Gasteiger charge is -2.01. The smallest absolute Gasteiger partial charge is 0.339 e. The summed E-state index contributed by atoms with van der Waals surface area (Å²) in [6, 6.07) is 0. The van der Waals surface area contributed by atoms with Gasteiger partial charge in [-0.1, -0.05) is 11.6 Å². The normalized spacial score (nSPS) is 12.0. The molecule has 0 saturated carbocycles. The van der Waals surface area contributed by atoms with E-state index in [9.17, 15) is 13.2 Å². The molecule has 0 fully saturated rings. The zero-order valence-electron chi connectivity index (χ0n) is 9.46. The van der Waals surface area contributed by atoms with Crippen LogP contribution in [0.3, 0.4) is 0 Å². The van der Waals surface area contributed by atoms with Gasteiger partial charge in [-0.3, -0.25) is 0 Å². The third-order valence-corrected chi connectivity index (χ3v) is 2.24. The Labute approximate surface area is 97.4 Å². The van der Waals surface area contributed by atoms with E-state index in [0.717, 1.165) is 19.3 Å². The van der Waals surface area contributed by atoms with Gasteiger partial charge in [0.15, 0.2) is 5.82 Å². The van der Waals surface area contributed by atoms with Crippen molar-refractivity contribution < 1.29 is 17.7 Å². The Bertz CT molecular complexity index is 325. The number of aromatic nitrogens is 2. The van der Waals surface area contributed by atoms with Crippen LogP contribution in [0.1, 0.15) is 37.4 Å². The molecule has 0 spiro atoms. The molecule has 7 heteroatoms. The number of hydrogen-bond donors (Lipinski definition) is 1. The van der Waals surface area contributed by atoms with Crippen LogP contribution < -0.4 is 5.73 Å². The van der Waals surface area contributed by atoms with Gasteiger partial charge in [0, 0.05) is 12.8 Å². The van der Waals surface area contributed by atoms with Crippen LogP contribution in [0.2, 0.25) is 0 Å². The van der Waals surface area contributed by atoms with Crippen LogP contribution in [0.15, 0.2) is 4.52 Å². The maximum atomic E-state index is 11.9. The summed E-state index contributed by atoms with van der Waals surface area (Å²) in [6.45, 7) is 0.640. The van der Waals surface area contributed by atoms with Gasteiger partial charge in [-0.15, -0.1) is 0 Å². The second-order valence-corrected chi connectivity index (χ2v) is 3.82. The van der Waals surface area contributed by atoms with Crippen molar-refractivity contribution in [1.82, 2.24) is 10.1 Å². The molecule has 0 amide bonds. The Morgan fingerprint density at radius 1 is 1.12 bits per heavy atom. The number of nitrogens with zero attached hydrogens (tertiary/aromatic N) is 2. The summed E-state index contributed by atoms with van der Waals surface area (Å²) in [6.07, 6.45) is -1.99. The molecule has 1 aromatic heterocycles. The number of alkyl halides is 3. The first-order chi connectivity index (χ1) is 8.01. The number of hydrogen-bond acceptors (Lipinski definition) is 4. The van der Waals surface area contributed by atoms with Gasteiger partial charge in [0.05, 0.1) is 6.42 Å². The van der Waals surface area contributed by atoms with Crippen LogP contribution in [0.5, 0.6) is 0 Å². The van der Waals surface area contributed by atoms with Crippen LogP contribution in [-0.2, 0) is 12.8 Å². The average Bonchev–Trinajstić information content (AvgIpc) is 2.69. The second-order valence-electron chi connectivity index (χ2n) is 3.82. The van der Waals surface area contributed by atoms with Gasteiger partial charge in [0.25, 0.3) is 0 Å². The monoisotopic (exact) mass is 251 g/mol. The molecule has 1 rings (SSSR count). The summed E-state index contributed by atoms with van der Waals surface area (Å²) in [4.78, 5) is 3.90. The van der Waals surface area contributed by atoms with E-state index < -0.39 is 12.6 Å². The van der Waals surface area contributed by atoms with Gasteiger partial charge in [0.1, 0.15) is 0 Å². The highest BCUT2D eigenvalue weighted by Gasteiger charge is 2.27. The Hall–Kier alpha value is -1.11. The molecule has 0 radical (unpaired) electrons. The molecule has 1 aromatic rings. The van der Waals surface area contributed by atoms with Crippen molar-refractivity contribution in [2.75, 3.05) is 6.54 Å². The molecule has 17 heavy (non-hydrogen) atoms. The standard InChI is InChI=1S/C10H16F3N3O/c11-10(12,13)6-5-8-15-9(17-16-8)4-2-1-3-7-14/h1-7,14H2. The van der Waals surface area contributed by atoms with Crippen LogP contribution in [0.4, 0.5) is 13.2 Å². The number of unbranched alkanes of at least 4 members (excludes halogenated alkanes) is 2. The van der Waals surface area contributed by atoms with Crippen molar-refractivity contribution in [1.29, 1.82) is 0 Å². The molecule has 0 saturated heterocycles. The molecule has 0 aliphatic heterocycles. The van der Waals surface area contributed by atoms with Crippen molar-refractivity contribution in [3.05, 3.63) is 11.7 Å². The fourth-order valence-corrected chi connectivity index (χ4v) is 1.34. The molecule has 0 bridgehead atoms. The van der Waals surface area contributed by atoms with Crippen LogP contribution in [0, 0.1) is 0 Å². The minimum absolute atomic E-state index is 0.121. The summed E-state index contributed by atoms with van der Waals surface area (Å²) >= 11 is 0. The summed E-state index contributed by atoms with van der Waals surface area (Å²) in [5.74, 6) is 0.523. The molecule has 2 N–H and O–H groups in total. The lowest BCUT2D eigenvalue weighted by Crippen LogP contribution is -2.09. The van der Waals surface area contributed by atoms with Crippen molar-refractivity contribution in [2.45, 2.75) is 44.7 Å². The summed E-state index contributed by atoms with van der Waals surface area (Å²) in [5, 5.41) is 3.51. The van der Waals surface area contributed by atoms with Crippen LogP contribution in [0.25, 0.3) is 0 Å². The van der Waals surface area contributed by atoms with E-state index in [1.165, 1.54) is 0 Å². The molecular formula is C10H16F3N3O. The van der Waals surface area contributed by atoms with Gasteiger partial charge in [-0.2, -0.15) is 18.2 Å². The minimum atomic E-state index is -4.18. The van der Waals surface area contributed by atoms with E-state index in [-0.39, 0.29) is 12.2 Å². The van der Waals surface area contributed by atoms with E-state index in [0.29, 0.717) is 18.9 Å². The summed E-state index contributed by atoms with van der Waals surface area (Å²) < 4.78 is 40.7. The molecule has 1 heterocycles. The van der Waals surface area contributed by atoms with E-state index in [1.807, 2.05) is 0 Å². The highest BCUT2D eigenvalue weighted by atomic mass is 19.4. The molecule has 0 atom stereocenters. The van der Waals surface area contributed by atoms with Gasteiger partial charge in [0.2, 0.25) is 5.89 Å². The predicted molar refractivity (Wildman–Crippen MR) is 55.3 cm³/mol. The SMILES string of the molecule is NCCCCCc1nc(CCC(F)(F)F)no1. The first-order valence-electron chi connectivity index (χ1n) is 5.59. The van der Waals surface area contributed by atoms with Gasteiger partial charge in [-0.25, -0.2) is 0 Å². The summed E-state index contributed by atoms with van der Waals surface area (Å²) in [5.41, 5.74) is 5.33. The van der Waals surface area contributed by atoms with Crippen LogP contribution in [-0.4, -0.2) is 22.9 Å². The highest BCUT2D eigenvalue weighted by molar-refractivity contribution is 4.87. The Kier molecular flexibility index (Phi) is 5.40. The maximum absolute atomic E-state index is 11.9. The largest absolute Gasteiger partial charge is 0.389 e. The van der Waals surface area contributed by atoms with Crippen molar-refractivity contribution in [3.8, 4) is 0 Å². The molecule has 4 nitrogen and oxygen atoms in total. The number of nitrogens with two attached hydrogens (primary N) is 1. The Morgan fingerprint density at radius 2 is 1.88 bits per heavy atom. The van der Waals surface area contributed by atoms with Crippen molar-refractivity contribution in [3.63, 3.8) is 0 Å². The quantitative estimate of drug-likeness (QED) is 0.755. The fourth-order valence-electron chi connectivity index (χ4n) is 1.34. The first kappa shape index (κ1) is 14.0. The lowest BCUT2D eigenvalue weighted by molar-refractivity contribution is -0.134. The molecule has 0 aliphatic rings. The topological polar surface area (TPSA) is 64.9 Å². The molecule has 0 aromatic carbocycles.